The van der Waals surface area contributed by atoms with Gasteiger partial charge in [-0.2, -0.15) is 4.31 Å². The van der Waals surface area contributed by atoms with E-state index in [2.05, 4.69) is 0 Å². The van der Waals surface area contributed by atoms with Gasteiger partial charge < -0.3 is 19.1 Å². The molecule has 4 rings (SSSR count). The standard InChI is InChI=1S/C24H30N2O7S2/c1-4-33-18-7-5-17(6-8-18)21(27)25-12-9-24(10-13-25)11-14-26(16-24)35(29,30)23-20(31-2)19(15-34-23)22(28)32-3/h5-8,15H,4,9-14,16H2,1-3H3. The van der Waals surface area contributed by atoms with Crippen LogP contribution >= 0.6 is 11.3 Å². The molecule has 9 nitrogen and oxygen atoms in total. The van der Waals surface area contributed by atoms with Crippen molar-refractivity contribution < 1.29 is 32.2 Å². The number of methoxy groups -OCH3 is 2. The summed E-state index contributed by atoms with van der Waals surface area (Å²) in [5, 5.41) is 1.45. The maximum atomic E-state index is 13.4. The summed E-state index contributed by atoms with van der Waals surface area (Å²) >= 11 is 0.962. The molecule has 0 radical (unpaired) electrons. The van der Waals surface area contributed by atoms with E-state index in [4.69, 9.17) is 14.2 Å². The van der Waals surface area contributed by atoms with Crippen molar-refractivity contribution in [1.29, 1.82) is 0 Å². The second-order valence-corrected chi connectivity index (χ2v) is 11.8. The second-order valence-electron chi connectivity index (χ2n) is 8.80. The third kappa shape index (κ3) is 4.89. The van der Waals surface area contributed by atoms with Gasteiger partial charge in [-0.3, -0.25) is 4.79 Å². The first-order valence-electron chi connectivity index (χ1n) is 11.5. The number of rotatable bonds is 7. The van der Waals surface area contributed by atoms with Crippen molar-refractivity contribution in [2.24, 2.45) is 5.41 Å². The highest BCUT2D eigenvalue weighted by atomic mass is 32.2. The topological polar surface area (TPSA) is 102 Å². The number of benzene rings is 1. The number of carbonyl (C=O) groups is 2. The number of hydrogen-bond acceptors (Lipinski definition) is 8. The molecule has 0 atom stereocenters. The van der Waals surface area contributed by atoms with Crippen LogP contribution in [0.5, 0.6) is 11.5 Å². The lowest BCUT2D eigenvalue weighted by atomic mass is 9.78. The highest BCUT2D eigenvalue weighted by molar-refractivity contribution is 7.91. The number of carbonyl (C=O) groups excluding carboxylic acids is 2. The molecule has 0 aliphatic carbocycles. The predicted molar refractivity (Wildman–Crippen MR) is 131 cm³/mol. The fourth-order valence-electron chi connectivity index (χ4n) is 4.80. The van der Waals surface area contributed by atoms with E-state index in [9.17, 15) is 18.0 Å². The molecule has 2 aromatic rings. The monoisotopic (exact) mass is 522 g/mol. The molecule has 2 aliphatic heterocycles. The van der Waals surface area contributed by atoms with E-state index in [1.807, 2.05) is 11.8 Å². The number of piperidine rings is 1. The molecule has 1 aromatic carbocycles. The minimum Gasteiger partial charge on any atom is -0.494 e. The normalized spacial score (nSPS) is 18.0. The average Bonchev–Trinajstić information content (AvgIpc) is 3.50. The summed E-state index contributed by atoms with van der Waals surface area (Å²) in [5.74, 6) is 0.0969. The van der Waals surface area contributed by atoms with Crippen LogP contribution in [-0.4, -0.2) is 76.5 Å². The van der Waals surface area contributed by atoms with Gasteiger partial charge in [-0.15, -0.1) is 11.3 Å². The van der Waals surface area contributed by atoms with E-state index in [0.29, 0.717) is 38.3 Å². The van der Waals surface area contributed by atoms with Crippen LogP contribution in [0.4, 0.5) is 0 Å². The molecule has 0 bridgehead atoms. The Hall–Kier alpha value is -2.63. The van der Waals surface area contributed by atoms with Crippen LogP contribution in [0.15, 0.2) is 33.9 Å². The Labute approximate surface area is 209 Å². The molecule has 3 heterocycles. The zero-order chi connectivity index (χ0) is 25.2. The molecule has 35 heavy (non-hydrogen) atoms. The third-order valence-corrected chi connectivity index (χ3v) is 10.1. The zero-order valence-electron chi connectivity index (χ0n) is 20.1. The Morgan fingerprint density at radius 3 is 2.31 bits per heavy atom. The summed E-state index contributed by atoms with van der Waals surface area (Å²) < 4.78 is 43.8. The lowest BCUT2D eigenvalue weighted by Gasteiger charge is -2.39. The van der Waals surface area contributed by atoms with Gasteiger partial charge in [0.05, 0.1) is 20.8 Å². The molecule has 0 saturated carbocycles. The maximum absolute atomic E-state index is 13.4. The van der Waals surface area contributed by atoms with Crippen LogP contribution in [0.1, 0.15) is 46.9 Å². The highest BCUT2D eigenvalue weighted by Gasteiger charge is 2.46. The van der Waals surface area contributed by atoms with Crippen LogP contribution in [-0.2, 0) is 14.8 Å². The van der Waals surface area contributed by atoms with Crippen LogP contribution in [0.25, 0.3) is 0 Å². The first-order valence-corrected chi connectivity index (χ1v) is 13.8. The predicted octanol–water partition coefficient (Wildman–Crippen LogP) is 3.26. The smallest absolute Gasteiger partial charge is 0.342 e. The van der Waals surface area contributed by atoms with Crippen LogP contribution < -0.4 is 9.47 Å². The van der Waals surface area contributed by atoms with Crippen LogP contribution in [0.2, 0.25) is 0 Å². The first kappa shape index (κ1) is 25.5. The molecular weight excluding hydrogens is 492 g/mol. The molecular formula is C24H30N2O7S2. The van der Waals surface area contributed by atoms with Crippen molar-refractivity contribution in [2.75, 3.05) is 47.0 Å². The Morgan fingerprint density at radius 2 is 1.71 bits per heavy atom. The molecule has 2 saturated heterocycles. The van der Waals surface area contributed by atoms with Crippen LogP contribution in [0, 0.1) is 5.41 Å². The van der Waals surface area contributed by atoms with Crippen molar-refractivity contribution >= 4 is 33.2 Å². The van der Waals surface area contributed by atoms with Crippen molar-refractivity contribution in [3.8, 4) is 11.5 Å². The van der Waals surface area contributed by atoms with E-state index in [0.717, 1.165) is 36.3 Å². The molecule has 0 unspecified atom stereocenters. The van der Waals surface area contributed by atoms with E-state index in [1.54, 1.807) is 24.3 Å². The molecule has 190 valence electrons. The van der Waals surface area contributed by atoms with E-state index >= 15 is 0 Å². The van der Waals surface area contributed by atoms with Gasteiger partial charge in [0.2, 0.25) is 0 Å². The SMILES string of the molecule is CCOc1ccc(C(=O)N2CCC3(CC2)CCN(S(=O)(=O)c2scc(C(=O)OC)c2OC)C3)cc1. The molecule has 1 amide bonds. The number of sulfonamides is 1. The first-order chi connectivity index (χ1) is 16.7. The maximum Gasteiger partial charge on any atom is 0.342 e. The minimum atomic E-state index is -3.83. The number of esters is 1. The van der Waals surface area contributed by atoms with Crippen molar-refractivity contribution in [2.45, 2.75) is 30.4 Å². The summed E-state index contributed by atoms with van der Waals surface area (Å²) in [6.45, 7) is 4.41. The van der Waals surface area contributed by atoms with Gasteiger partial charge in [0.25, 0.3) is 15.9 Å². The Morgan fingerprint density at radius 1 is 1.06 bits per heavy atom. The summed E-state index contributed by atoms with van der Waals surface area (Å²) in [4.78, 5) is 26.8. The second kappa shape index (κ2) is 10.2. The Balaban J connectivity index is 1.42. The fraction of sp³-hybridized carbons (Fsp3) is 0.500. The van der Waals surface area contributed by atoms with Crippen LogP contribution in [0.3, 0.4) is 0 Å². The van der Waals surface area contributed by atoms with Gasteiger partial charge in [0, 0.05) is 37.1 Å². The number of thiophene rings is 1. The molecule has 0 N–H and O–H groups in total. The van der Waals surface area contributed by atoms with E-state index in [1.165, 1.54) is 23.9 Å². The van der Waals surface area contributed by atoms with E-state index < -0.39 is 16.0 Å². The van der Waals surface area contributed by atoms with E-state index in [-0.39, 0.29) is 26.8 Å². The Kier molecular flexibility index (Phi) is 7.39. The van der Waals surface area contributed by atoms with Gasteiger partial charge in [0.1, 0.15) is 11.3 Å². The number of nitrogens with zero attached hydrogens (tertiary/aromatic N) is 2. The van der Waals surface area contributed by atoms with Crippen molar-refractivity contribution in [3.05, 3.63) is 40.8 Å². The Bertz CT molecular complexity index is 1180. The number of likely N-dealkylation sites (tertiary alicyclic amines) is 1. The van der Waals surface area contributed by atoms with Gasteiger partial charge in [-0.05, 0) is 55.9 Å². The van der Waals surface area contributed by atoms with Crippen molar-refractivity contribution in [1.82, 2.24) is 9.21 Å². The highest BCUT2D eigenvalue weighted by Crippen LogP contribution is 2.45. The number of amides is 1. The molecule has 2 aliphatic rings. The lowest BCUT2D eigenvalue weighted by molar-refractivity contribution is 0.0589. The summed E-state index contributed by atoms with van der Waals surface area (Å²) in [6, 6.07) is 7.15. The third-order valence-electron chi connectivity index (χ3n) is 6.82. The van der Waals surface area contributed by atoms with Gasteiger partial charge in [-0.25, -0.2) is 13.2 Å². The zero-order valence-corrected chi connectivity index (χ0v) is 21.7. The largest absolute Gasteiger partial charge is 0.494 e. The summed E-state index contributed by atoms with van der Waals surface area (Å²) in [6.07, 6.45) is 2.20. The fourth-order valence-corrected chi connectivity index (χ4v) is 7.92. The quantitative estimate of drug-likeness (QED) is 0.514. The van der Waals surface area contributed by atoms with Gasteiger partial charge in [0.15, 0.2) is 9.96 Å². The number of ether oxygens (including phenoxy) is 3. The number of hydrogen-bond donors (Lipinski definition) is 0. The summed E-state index contributed by atoms with van der Waals surface area (Å²) in [5.41, 5.74) is 0.554. The summed E-state index contributed by atoms with van der Waals surface area (Å²) in [7, 11) is -1.25. The minimum absolute atomic E-state index is 0.0144. The average molecular weight is 523 g/mol. The van der Waals surface area contributed by atoms with Crippen molar-refractivity contribution in [3.63, 3.8) is 0 Å². The van der Waals surface area contributed by atoms with Gasteiger partial charge in [-0.1, -0.05) is 0 Å². The van der Waals surface area contributed by atoms with Gasteiger partial charge >= 0.3 is 5.97 Å². The molecule has 2 fully saturated rings. The molecule has 1 spiro atoms. The molecule has 11 heteroatoms. The lowest BCUT2D eigenvalue weighted by Crippen LogP contribution is -2.44. The molecule has 1 aromatic heterocycles.